The predicted molar refractivity (Wildman–Crippen MR) is 65.3 cm³/mol. The highest BCUT2D eigenvalue weighted by Crippen LogP contribution is 2.19. The van der Waals surface area contributed by atoms with Crippen LogP contribution in [0.5, 0.6) is 0 Å². The summed E-state index contributed by atoms with van der Waals surface area (Å²) in [6.45, 7) is 1.43. The van der Waals surface area contributed by atoms with Crippen molar-refractivity contribution in [2.45, 2.75) is 18.6 Å². The lowest BCUT2D eigenvalue weighted by molar-refractivity contribution is -0.385. The molecular weight excluding hydrogens is 236 g/mol. The van der Waals surface area contributed by atoms with Crippen molar-refractivity contribution in [3.63, 3.8) is 0 Å². The van der Waals surface area contributed by atoms with Crippen molar-refractivity contribution in [1.29, 1.82) is 0 Å². The Balaban J connectivity index is 1.97. The summed E-state index contributed by atoms with van der Waals surface area (Å²) in [4.78, 5) is 12.4. The van der Waals surface area contributed by atoms with E-state index in [0.29, 0.717) is 31.6 Å². The van der Waals surface area contributed by atoms with Crippen molar-refractivity contribution in [2.24, 2.45) is 0 Å². The van der Waals surface area contributed by atoms with Gasteiger partial charge in [-0.2, -0.15) is 0 Å². The van der Waals surface area contributed by atoms with E-state index in [4.69, 9.17) is 0 Å². The smallest absolute Gasteiger partial charge is 0.272 e. The highest BCUT2D eigenvalue weighted by Gasteiger charge is 2.29. The maximum atomic E-state index is 10.8. The second kappa shape index (κ2) is 5.43. The molecule has 1 heterocycles. The quantitative estimate of drug-likeness (QED) is 0.589. The van der Waals surface area contributed by atoms with Crippen LogP contribution in [0.4, 0.5) is 5.69 Å². The fraction of sp³-hybridized carbons (Fsp3) is 0.500. The van der Waals surface area contributed by atoms with Gasteiger partial charge in [0.05, 0.1) is 17.1 Å². The van der Waals surface area contributed by atoms with Gasteiger partial charge in [0, 0.05) is 31.3 Å². The molecule has 2 rings (SSSR count). The molecule has 1 aliphatic rings. The molecule has 98 valence electrons. The lowest BCUT2D eigenvalue weighted by atomic mass is 10.1. The molecule has 0 bridgehead atoms. The first-order chi connectivity index (χ1) is 8.58. The van der Waals surface area contributed by atoms with Crippen LogP contribution in [0.1, 0.15) is 5.56 Å². The minimum absolute atomic E-state index is 0.123. The number of aliphatic hydroxyl groups is 2. The van der Waals surface area contributed by atoms with Crippen molar-refractivity contribution in [1.82, 2.24) is 4.90 Å². The van der Waals surface area contributed by atoms with Gasteiger partial charge in [-0.1, -0.05) is 18.2 Å². The van der Waals surface area contributed by atoms with E-state index in [1.54, 1.807) is 18.2 Å². The Morgan fingerprint density at radius 2 is 1.89 bits per heavy atom. The van der Waals surface area contributed by atoms with Crippen LogP contribution in [0.2, 0.25) is 0 Å². The summed E-state index contributed by atoms with van der Waals surface area (Å²) < 4.78 is 0. The SMILES string of the molecule is O=[N+]([O-])c1ccccc1CCN1C[C@@H](O)[C@@H](O)C1. The second-order valence-corrected chi connectivity index (χ2v) is 4.53. The normalized spacial score (nSPS) is 24.3. The number of likely N-dealkylation sites (tertiary alicyclic amines) is 1. The maximum absolute atomic E-state index is 10.8. The van der Waals surface area contributed by atoms with E-state index in [1.165, 1.54) is 6.07 Å². The summed E-state index contributed by atoms with van der Waals surface area (Å²) in [7, 11) is 0. The third-order valence-corrected chi connectivity index (χ3v) is 3.22. The Bertz CT molecular complexity index is 428. The molecule has 1 saturated heterocycles. The van der Waals surface area contributed by atoms with Crippen LogP contribution < -0.4 is 0 Å². The van der Waals surface area contributed by atoms with Crippen LogP contribution >= 0.6 is 0 Å². The summed E-state index contributed by atoms with van der Waals surface area (Å²) in [5, 5.41) is 29.7. The second-order valence-electron chi connectivity index (χ2n) is 4.53. The summed E-state index contributed by atoms with van der Waals surface area (Å²) in [5.74, 6) is 0. The number of benzene rings is 1. The van der Waals surface area contributed by atoms with Crippen LogP contribution in [0.15, 0.2) is 24.3 Å². The number of β-amino-alcohol motifs (C(OH)–C–C–N with tert-alkyl or cyclic N) is 2. The number of aliphatic hydroxyl groups excluding tert-OH is 2. The molecule has 0 spiro atoms. The molecule has 1 aromatic rings. The molecule has 2 N–H and O–H groups in total. The number of para-hydroxylation sites is 1. The van der Waals surface area contributed by atoms with Gasteiger partial charge in [0.2, 0.25) is 0 Å². The molecule has 0 saturated carbocycles. The van der Waals surface area contributed by atoms with Crippen LogP contribution in [-0.2, 0) is 6.42 Å². The summed E-state index contributed by atoms with van der Waals surface area (Å²) in [6.07, 6.45) is -0.886. The number of nitrogens with zero attached hydrogens (tertiary/aromatic N) is 2. The van der Waals surface area contributed by atoms with Crippen LogP contribution in [0.25, 0.3) is 0 Å². The van der Waals surface area contributed by atoms with Gasteiger partial charge in [-0.15, -0.1) is 0 Å². The molecule has 18 heavy (non-hydrogen) atoms. The third kappa shape index (κ3) is 2.84. The Labute approximate surface area is 105 Å². The Morgan fingerprint density at radius 1 is 1.28 bits per heavy atom. The standard InChI is InChI=1S/C12H16N2O4/c15-11-7-13(8-12(11)16)6-5-9-3-1-2-4-10(9)14(17)18/h1-4,11-12,15-16H,5-8H2/t11-,12+. The molecule has 0 aromatic heterocycles. The van der Waals surface area contributed by atoms with Gasteiger partial charge in [0.25, 0.3) is 5.69 Å². The van der Waals surface area contributed by atoms with Gasteiger partial charge in [0.15, 0.2) is 0 Å². The van der Waals surface area contributed by atoms with Gasteiger partial charge in [0.1, 0.15) is 0 Å². The Morgan fingerprint density at radius 3 is 2.50 bits per heavy atom. The van der Waals surface area contributed by atoms with E-state index in [1.807, 2.05) is 4.90 Å². The number of hydrogen-bond donors (Lipinski definition) is 2. The number of nitro benzene ring substituents is 1. The van der Waals surface area contributed by atoms with Crippen LogP contribution in [0, 0.1) is 10.1 Å². The van der Waals surface area contributed by atoms with E-state index in [2.05, 4.69) is 0 Å². The molecule has 1 aromatic carbocycles. The lowest BCUT2D eigenvalue weighted by Gasteiger charge is -2.14. The molecular formula is C12H16N2O4. The summed E-state index contributed by atoms with van der Waals surface area (Å²) in [5.41, 5.74) is 0.802. The molecule has 0 amide bonds. The van der Waals surface area contributed by atoms with Crippen molar-refractivity contribution >= 4 is 5.69 Å². The molecule has 0 unspecified atom stereocenters. The molecule has 0 radical (unpaired) electrons. The van der Waals surface area contributed by atoms with Gasteiger partial charge in [-0.05, 0) is 6.42 Å². The molecule has 6 heteroatoms. The van der Waals surface area contributed by atoms with Crippen molar-refractivity contribution < 1.29 is 15.1 Å². The van der Waals surface area contributed by atoms with Crippen LogP contribution in [0.3, 0.4) is 0 Å². The monoisotopic (exact) mass is 252 g/mol. The highest BCUT2D eigenvalue weighted by molar-refractivity contribution is 5.39. The molecule has 6 nitrogen and oxygen atoms in total. The summed E-state index contributed by atoms with van der Waals surface area (Å²) >= 11 is 0. The topological polar surface area (TPSA) is 86.8 Å². The van der Waals surface area contributed by atoms with Crippen molar-refractivity contribution in [3.05, 3.63) is 39.9 Å². The first-order valence-corrected chi connectivity index (χ1v) is 5.88. The van der Waals surface area contributed by atoms with Gasteiger partial charge in [-0.25, -0.2) is 0 Å². The van der Waals surface area contributed by atoms with E-state index in [9.17, 15) is 20.3 Å². The van der Waals surface area contributed by atoms with Gasteiger partial charge >= 0.3 is 0 Å². The van der Waals surface area contributed by atoms with Crippen molar-refractivity contribution in [3.8, 4) is 0 Å². The Kier molecular flexibility index (Phi) is 3.90. The molecule has 2 atom stereocenters. The zero-order valence-corrected chi connectivity index (χ0v) is 9.90. The predicted octanol–water partition coefficient (Wildman–Crippen LogP) is 0.175. The first-order valence-electron chi connectivity index (χ1n) is 5.88. The zero-order valence-electron chi connectivity index (χ0n) is 9.90. The fourth-order valence-electron chi connectivity index (χ4n) is 2.21. The molecule has 0 aliphatic carbocycles. The largest absolute Gasteiger partial charge is 0.389 e. The average molecular weight is 252 g/mol. The molecule has 1 fully saturated rings. The van der Waals surface area contributed by atoms with Crippen LogP contribution in [-0.4, -0.2) is 51.9 Å². The lowest BCUT2D eigenvalue weighted by Crippen LogP contribution is -2.24. The third-order valence-electron chi connectivity index (χ3n) is 3.22. The van der Waals surface area contributed by atoms with E-state index < -0.39 is 12.2 Å². The number of rotatable bonds is 4. The molecule has 1 aliphatic heterocycles. The zero-order chi connectivity index (χ0) is 13.1. The van der Waals surface area contributed by atoms with Crippen molar-refractivity contribution in [2.75, 3.05) is 19.6 Å². The Hall–Kier alpha value is -1.50. The van der Waals surface area contributed by atoms with E-state index in [-0.39, 0.29) is 10.6 Å². The number of hydrogen-bond acceptors (Lipinski definition) is 5. The number of nitro groups is 1. The fourth-order valence-corrected chi connectivity index (χ4v) is 2.21. The average Bonchev–Trinajstić information content (AvgIpc) is 2.66. The first kappa shape index (κ1) is 12.9. The van der Waals surface area contributed by atoms with E-state index in [0.717, 1.165) is 0 Å². The summed E-state index contributed by atoms with van der Waals surface area (Å²) in [6, 6.07) is 6.64. The van der Waals surface area contributed by atoms with E-state index >= 15 is 0 Å². The minimum Gasteiger partial charge on any atom is -0.389 e. The van der Waals surface area contributed by atoms with Gasteiger partial charge < -0.3 is 10.2 Å². The highest BCUT2D eigenvalue weighted by atomic mass is 16.6. The minimum atomic E-state index is -0.712. The maximum Gasteiger partial charge on any atom is 0.272 e. The van der Waals surface area contributed by atoms with Gasteiger partial charge in [-0.3, -0.25) is 15.0 Å².